The molecule has 1 N–H and O–H groups in total. The van der Waals surface area contributed by atoms with Crippen LogP contribution in [0.5, 0.6) is 5.75 Å². The number of hydrogen-bond donors (Lipinski definition) is 1. The molecule has 21 heavy (non-hydrogen) atoms. The summed E-state index contributed by atoms with van der Waals surface area (Å²) in [5, 5.41) is 4.44. The third-order valence-corrected chi connectivity index (χ3v) is 4.89. The van der Waals surface area contributed by atoms with Gasteiger partial charge in [-0.1, -0.05) is 46.2 Å². The van der Waals surface area contributed by atoms with Gasteiger partial charge in [-0.3, -0.25) is 0 Å². The largest absolute Gasteiger partial charge is 0.493 e. The zero-order valence-corrected chi connectivity index (χ0v) is 14.7. The molecule has 2 rings (SSSR count). The van der Waals surface area contributed by atoms with Crippen LogP contribution in [0.4, 0.5) is 0 Å². The molecule has 0 fully saturated rings. The molecular weight excluding hydrogens is 282 g/mol. The van der Waals surface area contributed by atoms with E-state index < -0.39 is 0 Å². The van der Waals surface area contributed by atoms with Crippen LogP contribution in [-0.2, 0) is 6.42 Å². The van der Waals surface area contributed by atoms with Crippen LogP contribution in [0.1, 0.15) is 58.2 Å². The number of rotatable bonds is 5. The summed E-state index contributed by atoms with van der Waals surface area (Å²) in [6.07, 6.45) is 2.06. The molecule has 2 atom stereocenters. The summed E-state index contributed by atoms with van der Waals surface area (Å²) in [5.41, 5.74) is 2.78. The fourth-order valence-electron chi connectivity index (χ4n) is 2.83. The second kappa shape index (κ2) is 6.58. The van der Waals surface area contributed by atoms with Crippen LogP contribution >= 0.6 is 11.6 Å². The van der Waals surface area contributed by atoms with Gasteiger partial charge in [0.15, 0.2) is 0 Å². The highest BCUT2D eigenvalue weighted by atomic mass is 35.5. The van der Waals surface area contributed by atoms with E-state index in [1.165, 1.54) is 11.1 Å². The van der Waals surface area contributed by atoms with Crippen LogP contribution in [0.25, 0.3) is 0 Å². The summed E-state index contributed by atoms with van der Waals surface area (Å²) < 4.78 is 5.88. The Kier molecular flexibility index (Phi) is 5.21. The Morgan fingerprint density at radius 1 is 1.33 bits per heavy atom. The molecule has 2 unspecified atom stereocenters. The molecule has 0 spiro atoms. The van der Waals surface area contributed by atoms with Gasteiger partial charge >= 0.3 is 0 Å². The van der Waals surface area contributed by atoms with E-state index in [-0.39, 0.29) is 0 Å². The molecule has 118 valence electrons. The van der Waals surface area contributed by atoms with E-state index in [1.807, 2.05) is 6.07 Å². The fraction of sp³-hybridized carbons (Fsp3) is 0.667. The van der Waals surface area contributed by atoms with Gasteiger partial charge in [-0.15, -0.1) is 0 Å². The van der Waals surface area contributed by atoms with Crippen molar-refractivity contribution in [2.24, 2.45) is 11.3 Å². The van der Waals surface area contributed by atoms with Crippen LogP contribution in [-0.4, -0.2) is 13.2 Å². The Morgan fingerprint density at radius 2 is 2.05 bits per heavy atom. The average Bonchev–Trinajstić information content (AvgIpc) is 2.83. The van der Waals surface area contributed by atoms with Crippen molar-refractivity contribution in [3.63, 3.8) is 0 Å². The van der Waals surface area contributed by atoms with Gasteiger partial charge in [0, 0.05) is 23.0 Å². The number of hydrogen-bond acceptors (Lipinski definition) is 2. The lowest BCUT2D eigenvalue weighted by Gasteiger charge is -2.32. The summed E-state index contributed by atoms with van der Waals surface area (Å²) in [4.78, 5) is 0. The topological polar surface area (TPSA) is 21.3 Å². The number of fused-ring (bicyclic) bond motifs is 1. The molecule has 0 radical (unpaired) electrons. The quantitative estimate of drug-likeness (QED) is 0.826. The van der Waals surface area contributed by atoms with Gasteiger partial charge in [-0.2, -0.15) is 0 Å². The lowest BCUT2D eigenvalue weighted by Crippen LogP contribution is -2.27. The lowest BCUT2D eigenvalue weighted by molar-refractivity contribution is 0.222. The van der Waals surface area contributed by atoms with Gasteiger partial charge in [-0.05, 0) is 42.0 Å². The maximum absolute atomic E-state index is 6.32. The van der Waals surface area contributed by atoms with Crippen LogP contribution in [0.2, 0.25) is 5.02 Å². The van der Waals surface area contributed by atoms with Crippen LogP contribution < -0.4 is 10.1 Å². The first-order chi connectivity index (χ1) is 9.82. The molecule has 1 aliphatic rings. The van der Waals surface area contributed by atoms with E-state index in [2.05, 4.69) is 46.0 Å². The number of halogens is 1. The third kappa shape index (κ3) is 3.92. The number of ether oxygens (including phenoxy) is 1. The van der Waals surface area contributed by atoms with E-state index in [4.69, 9.17) is 16.3 Å². The summed E-state index contributed by atoms with van der Waals surface area (Å²) >= 11 is 6.32. The molecule has 0 saturated carbocycles. The van der Waals surface area contributed by atoms with Crippen LogP contribution in [0, 0.1) is 11.3 Å². The standard InChI is InChI=1S/C18H28ClNO/c1-6-20-16(9-12(2)18(3,4)5)15-11-14(19)10-13-7-8-21-17(13)15/h10-12,16,20H,6-9H2,1-5H3. The predicted molar refractivity (Wildman–Crippen MR) is 90.3 cm³/mol. The molecule has 0 bridgehead atoms. The SMILES string of the molecule is CCNC(CC(C)C(C)(C)C)c1cc(Cl)cc2c1OCC2. The van der Waals surface area contributed by atoms with Gasteiger partial charge in [-0.25, -0.2) is 0 Å². The van der Waals surface area contributed by atoms with Crippen molar-refractivity contribution in [3.8, 4) is 5.75 Å². The summed E-state index contributed by atoms with van der Waals surface area (Å²) in [7, 11) is 0. The normalized spacial score (nSPS) is 17.2. The van der Waals surface area contributed by atoms with Crippen LogP contribution in [0.15, 0.2) is 12.1 Å². The van der Waals surface area contributed by atoms with Gasteiger partial charge in [0.1, 0.15) is 5.75 Å². The third-order valence-electron chi connectivity index (χ3n) is 4.67. The van der Waals surface area contributed by atoms with E-state index in [9.17, 15) is 0 Å². The minimum absolute atomic E-state index is 0.301. The highest BCUT2D eigenvalue weighted by molar-refractivity contribution is 6.30. The summed E-state index contributed by atoms with van der Waals surface area (Å²) in [5.74, 6) is 1.67. The lowest BCUT2D eigenvalue weighted by atomic mass is 9.77. The molecule has 3 heteroatoms. The molecule has 1 heterocycles. The molecule has 0 saturated heterocycles. The zero-order valence-electron chi connectivity index (χ0n) is 13.9. The maximum atomic E-state index is 6.32. The molecule has 0 aromatic heterocycles. The van der Waals surface area contributed by atoms with E-state index >= 15 is 0 Å². The molecule has 2 nitrogen and oxygen atoms in total. The van der Waals surface area contributed by atoms with E-state index in [1.54, 1.807) is 0 Å². The Morgan fingerprint density at radius 3 is 2.67 bits per heavy atom. The van der Waals surface area contributed by atoms with Crippen molar-refractivity contribution >= 4 is 11.6 Å². The molecule has 0 aliphatic carbocycles. The first-order valence-corrected chi connectivity index (χ1v) is 8.39. The molecule has 0 amide bonds. The number of nitrogens with one attached hydrogen (secondary N) is 1. The fourth-order valence-corrected chi connectivity index (χ4v) is 3.08. The Labute approximate surface area is 134 Å². The number of benzene rings is 1. The van der Waals surface area contributed by atoms with Gasteiger partial charge in [0.05, 0.1) is 6.61 Å². The highest BCUT2D eigenvalue weighted by Crippen LogP contribution is 2.40. The van der Waals surface area contributed by atoms with Crippen molar-refractivity contribution in [2.45, 2.75) is 53.5 Å². The summed E-state index contributed by atoms with van der Waals surface area (Å²) in [6.45, 7) is 13.1. The first kappa shape index (κ1) is 16.6. The predicted octanol–water partition coefficient (Wildman–Crippen LogP) is 5.00. The molecule has 1 aromatic rings. The zero-order chi connectivity index (χ0) is 15.6. The maximum Gasteiger partial charge on any atom is 0.127 e. The Hall–Kier alpha value is -0.730. The van der Waals surface area contributed by atoms with Crippen molar-refractivity contribution in [2.75, 3.05) is 13.2 Å². The van der Waals surface area contributed by atoms with Gasteiger partial charge in [0.25, 0.3) is 0 Å². The van der Waals surface area contributed by atoms with Gasteiger partial charge in [0.2, 0.25) is 0 Å². The molecular formula is C18H28ClNO. The smallest absolute Gasteiger partial charge is 0.127 e. The van der Waals surface area contributed by atoms with Crippen molar-refractivity contribution in [1.29, 1.82) is 0 Å². The van der Waals surface area contributed by atoms with Gasteiger partial charge < -0.3 is 10.1 Å². The Balaban J connectivity index is 2.30. The average molecular weight is 310 g/mol. The first-order valence-electron chi connectivity index (χ1n) is 8.01. The van der Waals surface area contributed by atoms with E-state index in [0.29, 0.717) is 17.4 Å². The van der Waals surface area contributed by atoms with Crippen LogP contribution in [0.3, 0.4) is 0 Å². The second-order valence-electron chi connectivity index (χ2n) is 7.19. The highest BCUT2D eigenvalue weighted by Gasteiger charge is 2.28. The minimum Gasteiger partial charge on any atom is -0.493 e. The summed E-state index contributed by atoms with van der Waals surface area (Å²) in [6, 6.07) is 4.42. The van der Waals surface area contributed by atoms with E-state index in [0.717, 1.165) is 36.8 Å². The second-order valence-corrected chi connectivity index (χ2v) is 7.63. The molecule has 1 aliphatic heterocycles. The van der Waals surface area contributed by atoms with Crippen molar-refractivity contribution < 1.29 is 4.74 Å². The molecule has 1 aromatic carbocycles. The Bertz CT molecular complexity index is 493. The van der Waals surface area contributed by atoms with Crippen molar-refractivity contribution in [1.82, 2.24) is 5.32 Å². The monoisotopic (exact) mass is 309 g/mol. The minimum atomic E-state index is 0.301. The van der Waals surface area contributed by atoms with Crippen molar-refractivity contribution in [3.05, 3.63) is 28.3 Å².